The van der Waals surface area contributed by atoms with Crippen molar-refractivity contribution in [2.24, 2.45) is 11.7 Å². The average molecular weight is 534 g/mol. The molecule has 3 amide bonds. The van der Waals surface area contributed by atoms with Gasteiger partial charge >= 0.3 is 11.9 Å². The van der Waals surface area contributed by atoms with Crippen LogP contribution in [0.3, 0.4) is 0 Å². The van der Waals surface area contributed by atoms with E-state index >= 15 is 0 Å². The van der Waals surface area contributed by atoms with Crippen molar-refractivity contribution in [3.63, 3.8) is 0 Å². The number of rotatable bonds is 14. The summed E-state index contributed by atoms with van der Waals surface area (Å²) < 4.78 is 0. The van der Waals surface area contributed by atoms with Gasteiger partial charge in [0.15, 0.2) is 6.04 Å². The lowest BCUT2D eigenvalue weighted by Gasteiger charge is -2.26. The van der Waals surface area contributed by atoms with E-state index in [2.05, 4.69) is 20.9 Å². The summed E-state index contributed by atoms with van der Waals surface area (Å²) in [5, 5.41) is 36.2. The van der Waals surface area contributed by atoms with Gasteiger partial charge in [0.05, 0.1) is 18.6 Å². The summed E-state index contributed by atoms with van der Waals surface area (Å²) >= 11 is 0. The first-order valence-electron chi connectivity index (χ1n) is 12.1. The predicted octanol–water partition coefficient (Wildman–Crippen LogP) is -0.522. The van der Waals surface area contributed by atoms with Crippen LogP contribution in [0.1, 0.15) is 39.2 Å². The van der Waals surface area contributed by atoms with Gasteiger partial charge in [-0.05, 0) is 30.9 Å². The smallest absolute Gasteiger partial charge is 0.328 e. The van der Waals surface area contributed by atoms with E-state index in [1.807, 2.05) is 18.2 Å². The molecule has 9 N–H and O–H groups in total. The predicted molar refractivity (Wildman–Crippen MR) is 137 cm³/mol. The number of para-hydroxylation sites is 1. The molecule has 5 atom stereocenters. The molecule has 1 aromatic carbocycles. The summed E-state index contributed by atoms with van der Waals surface area (Å²) in [5.41, 5.74) is 7.08. The van der Waals surface area contributed by atoms with Crippen molar-refractivity contribution < 1.29 is 39.3 Å². The Bertz CT molecular complexity index is 1160. The zero-order valence-corrected chi connectivity index (χ0v) is 21.4. The van der Waals surface area contributed by atoms with Crippen molar-refractivity contribution in [2.45, 2.75) is 70.3 Å². The zero-order valence-electron chi connectivity index (χ0n) is 21.4. The zero-order chi connectivity index (χ0) is 28.6. The molecule has 0 saturated heterocycles. The number of carboxylic acids is 2. The number of aliphatic hydroxyl groups is 1. The van der Waals surface area contributed by atoms with E-state index < -0.39 is 66.4 Å². The number of fused-ring (bicyclic) bond motifs is 1. The Morgan fingerprint density at radius 2 is 1.53 bits per heavy atom. The van der Waals surface area contributed by atoms with Crippen LogP contribution in [0, 0.1) is 5.92 Å². The molecule has 0 saturated carbocycles. The molecule has 13 nitrogen and oxygen atoms in total. The molecule has 0 bridgehead atoms. The minimum Gasteiger partial charge on any atom is -0.481 e. The summed E-state index contributed by atoms with van der Waals surface area (Å²) in [7, 11) is 0. The Morgan fingerprint density at radius 1 is 0.921 bits per heavy atom. The summed E-state index contributed by atoms with van der Waals surface area (Å²) in [4.78, 5) is 64.4. The van der Waals surface area contributed by atoms with E-state index in [1.54, 1.807) is 26.1 Å². The van der Waals surface area contributed by atoms with Crippen molar-refractivity contribution >= 4 is 40.6 Å². The molecule has 0 radical (unpaired) electrons. The van der Waals surface area contributed by atoms with Gasteiger partial charge in [-0.3, -0.25) is 19.2 Å². The SMILES string of the molecule is CC(C)CC(NC(=O)C(N)CC(=O)O)C(=O)NC(Cc1c[nH]c2ccccc12)C(=O)NC(C(=O)O)C(C)O. The highest BCUT2D eigenvalue weighted by molar-refractivity contribution is 5.95. The molecule has 2 rings (SSSR count). The van der Waals surface area contributed by atoms with Gasteiger partial charge < -0.3 is 42.0 Å². The standard InChI is InChI=1S/C25H35N5O8/c1-12(2)8-18(28-22(34)16(26)10-20(32)33)23(35)29-19(24(36)30-21(13(3)31)25(37)38)9-14-11-27-17-7-5-4-6-15(14)17/h4-7,11-13,16,18-19,21,27,31H,8-10,26H2,1-3H3,(H,28,34)(H,29,35)(H,30,36)(H,32,33)(H,37,38). The van der Waals surface area contributed by atoms with Gasteiger partial charge in [0, 0.05) is 23.5 Å². The number of aliphatic carboxylic acids is 2. The van der Waals surface area contributed by atoms with Gasteiger partial charge in [-0.15, -0.1) is 0 Å². The molecule has 38 heavy (non-hydrogen) atoms. The second-order valence-electron chi connectivity index (χ2n) is 9.58. The van der Waals surface area contributed by atoms with Crippen LogP contribution in [0.15, 0.2) is 30.5 Å². The number of hydrogen-bond acceptors (Lipinski definition) is 7. The number of nitrogens with two attached hydrogens (primary N) is 1. The van der Waals surface area contributed by atoms with Crippen LogP contribution >= 0.6 is 0 Å². The molecule has 0 aliphatic heterocycles. The topological polar surface area (TPSA) is 224 Å². The highest BCUT2D eigenvalue weighted by Crippen LogP contribution is 2.19. The fourth-order valence-corrected chi connectivity index (χ4v) is 3.91. The van der Waals surface area contributed by atoms with Crippen LogP contribution in [-0.2, 0) is 30.4 Å². The molecule has 5 unspecified atom stereocenters. The molecular weight excluding hydrogens is 498 g/mol. The number of benzene rings is 1. The Morgan fingerprint density at radius 3 is 2.11 bits per heavy atom. The van der Waals surface area contributed by atoms with Crippen LogP contribution in [0.5, 0.6) is 0 Å². The average Bonchev–Trinajstić information content (AvgIpc) is 3.23. The van der Waals surface area contributed by atoms with Gasteiger partial charge in [0.2, 0.25) is 17.7 Å². The summed E-state index contributed by atoms with van der Waals surface area (Å²) in [5.74, 6) is -5.24. The summed E-state index contributed by atoms with van der Waals surface area (Å²) in [6.45, 7) is 4.82. The molecule has 1 aromatic heterocycles. The number of carboxylic acid groups (broad SMARTS) is 2. The van der Waals surface area contributed by atoms with E-state index in [1.165, 1.54) is 6.92 Å². The third kappa shape index (κ3) is 8.56. The van der Waals surface area contributed by atoms with Crippen molar-refractivity contribution in [2.75, 3.05) is 0 Å². The molecule has 0 aliphatic rings. The molecule has 2 aromatic rings. The van der Waals surface area contributed by atoms with Crippen molar-refractivity contribution in [1.29, 1.82) is 0 Å². The third-order valence-electron chi connectivity index (χ3n) is 5.85. The van der Waals surface area contributed by atoms with Gasteiger partial charge in [0.1, 0.15) is 12.1 Å². The van der Waals surface area contributed by atoms with Gasteiger partial charge in [-0.2, -0.15) is 0 Å². The number of carbonyl (C=O) groups is 5. The molecule has 1 heterocycles. The molecular formula is C25H35N5O8. The van der Waals surface area contributed by atoms with Gasteiger partial charge in [-0.25, -0.2) is 4.79 Å². The summed E-state index contributed by atoms with van der Waals surface area (Å²) in [6, 6.07) is 1.84. The lowest BCUT2D eigenvalue weighted by Crippen LogP contribution is -2.59. The van der Waals surface area contributed by atoms with E-state index in [9.17, 15) is 34.2 Å². The van der Waals surface area contributed by atoms with Crippen LogP contribution in [0.4, 0.5) is 0 Å². The summed E-state index contributed by atoms with van der Waals surface area (Å²) in [6.07, 6.45) is -0.259. The van der Waals surface area contributed by atoms with E-state index in [4.69, 9.17) is 10.8 Å². The maximum absolute atomic E-state index is 13.3. The minimum atomic E-state index is -1.62. The van der Waals surface area contributed by atoms with Crippen LogP contribution < -0.4 is 21.7 Å². The maximum atomic E-state index is 13.3. The Labute approximate surface area is 219 Å². The van der Waals surface area contributed by atoms with Crippen molar-refractivity contribution in [3.05, 3.63) is 36.0 Å². The van der Waals surface area contributed by atoms with Crippen molar-refractivity contribution in [1.82, 2.24) is 20.9 Å². The van der Waals surface area contributed by atoms with Crippen LogP contribution in [0.25, 0.3) is 10.9 Å². The van der Waals surface area contributed by atoms with Gasteiger partial charge in [-0.1, -0.05) is 32.0 Å². The highest BCUT2D eigenvalue weighted by atomic mass is 16.4. The molecule has 13 heteroatoms. The highest BCUT2D eigenvalue weighted by Gasteiger charge is 2.33. The van der Waals surface area contributed by atoms with E-state index in [-0.39, 0.29) is 18.8 Å². The number of aliphatic hydroxyl groups excluding tert-OH is 1. The number of aromatic nitrogens is 1. The van der Waals surface area contributed by atoms with Crippen molar-refractivity contribution in [3.8, 4) is 0 Å². The number of hydrogen-bond donors (Lipinski definition) is 8. The third-order valence-corrected chi connectivity index (χ3v) is 5.85. The second-order valence-corrected chi connectivity index (χ2v) is 9.58. The fourth-order valence-electron chi connectivity index (χ4n) is 3.91. The maximum Gasteiger partial charge on any atom is 0.328 e. The Hall–Kier alpha value is -3.97. The first-order chi connectivity index (χ1) is 17.8. The lowest BCUT2D eigenvalue weighted by molar-refractivity contribution is -0.145. The molecule has 0 spiro atoms. The van der Waals surface area contributed by atoms with E-state index in [0.717, 1.165) is 10.9 Å². The van der Waals surface area contributed by atoms with E-state index in [0.29, 0.717) is 5.56 Å². The number of nitrogens with one attached hydrogen (secondary N) is 4. The number of H-pyrrole nitrogens is 1. The largest absolute Gasteiger partial charge is 0.481 e. The number of aromatic amines is 1. The molecule has 0 aliphatic carbocycles. The minimum absolute atomic E-state index is 0.0331. The molecule has 0 fully saturated rings. The first kappa shape index (κ1) is 30.3. The Kier molecular flexibility index (Phi) is 10.8. The number of amides is 3. The Balaban J connectivity index is 2.32. The second kappa shape index (κ2) is 13.5. The normalized spacial score (nSPS) is 15.2. The van der Waals surface area contributed by atoms with Crippen LogP contribution in [0.2, 0.25) is 0 Å². The number of carbonyl (C=O) groups excluding carboxylic acids is 3. The lowest BCUT2D eigenvalue weighted by atomic mass is 10.00. The fraction of sp³-hybridized carbons (Fsp3) is 0.480. The quantitative estimate of drug-likeness (QED) is 0.156. The van der Waals surface area contributed by atoms with Gasteiger partial charge in [0.25, 0.3) is 0 Å². The van der Waals surface area contributed by atoms with Crippen LogP contribution in [-0.4, -0.2) is 80.2 Å². The first-order valence-corrected chi connectivity index (χ1v) is 12.1. The molecule has 208 valence electrons. The monoisotopic (exact) mass is 533 g/mol.